The van der Waals surface area contributed by atoms with Crippen molar-refractivity contribution in [2.75, 3.05) is 0 Å². The first-order chi connectivity index (χ1) is 8.88. The van der Waals surface area contributed by atoms with Crippen LogP contribution in [0.5, 0.6) is 0 Å². The second-order valence-corrected chi connectivity index (χ2v) is 5.01. The molecule has 0 saturated heterocycles. The summed E-state index contributed by atoms with van der Waals surface area (Å²) in [6.45, 7) is 8.71. The minimum absolute atomic E-state index is 0.0971. The molecule has 1 heterocycles. The second-order valence-electron chi connectivity index (χ2n) is 5.01. The summed E-state index contributed by atoms with van der Waals surface area (Å²) in [4.78, 5) is 10.9. The third-order valence-electron chi connectivity index (χ3n) is 3.35. The highest BCUT2D eigenvalue weighted by molar-refractivity contribution is 5.85. The van der Waals surface area contributed by atoms with Gasteiger partial charge in [-0.2, -0.15) is 5.10 Å². The van der Waals surface area contributed by atoms with Crippen molar-refractivity contribution in [2.45, 2.75) is 34.2 Å². The van der Waals surface area contributed by atoms with Gasteiger partial charge >= 0.3 is 5.97 Å². The van der Waals surface area contributed by atoms with Crippen molar-refractivity contribution >= 4 is 5.97 Å². The van der Waals surface area contributed by atoms with Crippen LogP contribution in [0.1, 0.15) is 38.4 Å². The predicted molar refractivity (Wildman–Crippen MR) is 73.7 cm³/mol. The summed E-state index contributed by atoms with van der Waals surface area (Å²) in [7, 11) is 0. The highest BCUT2D eigenvalue weighted by Gasteiger charge is 2.12. The number of carboxylic acid groups (broad SMARTS) is 1. The zero-order valence-corrected chi connectivity index (χ0v) is 11.7. The fourth-order valence-electron chi connectivity index (χ4n) is 2.38. The largest absolute Gasteiger partial charge is 0.476 e. The van der Waals surface area contributed by atoms with Crippen molar-refractivity contribution in [1.82, 2.24) is 9.78 Å². The average Bonchev–Trinajstić information content (AvgIpc) is 2.65. The molecule has 0 aliphatic rings. The number of benzene rings is 1. The molecule has 1 aromatic carbocycles. The van der Waals surface area contributed by atoms with E-state index in [0.29, 0.717) is 6.54 Å². The molecular weight excluding hydrogens is 240 g/mol. The van der Waals surface area contributed by atoms with Gasteiger partial charge in [0, 0.05) is 5.69 Å². The Balaban J connectivity index is 2.39. The number of nitrogens with zero attached hydrogens (tertiary/aromatic N) is 2. The fourth-order valence-corrected chi connectivity index (χ4v) is 2.38. The van der Waals surface area contributed by atoms with Crippen LogP contribution in [0.25, 0.3) is 0 Å². The number of hydrogen-bond donors (Lipinski definition) is 1. The Morgan fingerprint density at radius 2 is 1.74 bits per heavy atom. The molecule has 0 aliphatic carbocycles. The van der Waals surface area contributed by atoms with Crippen molar-refractivity contribution in [3.05, 3.63) is 51.8 Å². The van der Waals surface area contributed by atoms with E-state index >= 15 is 0 Å². The molecule has 0 fully saturated rings. The lowest BCUT2D eigenvalue weighted by Gasteiger charge is -2.12. The topological polar surface area (TPSA) is 55.1 Å². The Morgan fingerprint density at radius 1 is 1.16 bits per heavy atom. The third kappa shape index (κ3) is 2.67. The smallest absolute Gasteiger partial charge is 0.356 e. The number of carbonyl (C=O) groups is 1. The molecule has 0 bridgehead atoms. The lowest BCUT2D eigenvalue weighted by Crippen LogP contribution is -2.08. The molecule has 0 atom stereocenters. The van der Waals surface area contributed by atoms with Crippen molar-refractivity contribution in [3.63, 3.8) is 0 Å². The summed E-state index contributed by atoms with van der Waals surface area (Å²) < 4.78 is 1.74. The van der Waals surface area contributed by atoms with Crippen molar-refractivity contribution in [1.29, 1.82) is 0 Å². The van der Waals surface area contributed by atoms with E-state index in [1.54, 1.807) is 10.7 Å². The maximum Gasteiger partial charge on any atom is 0.356 e. The predicted octanol–water partition coefficient (Wildman–Crippen LogP) is 2.86. The van der Waals surface area contributed by atoms with Crippen LogP contribution in [-0.2, 0) is 6.54 Å². The lowest BCUT2D eigenvalue weighted by molar-refractivity contribution is 0.0689. The average molecular weight is 258 g/mol. The van der Waals surface area contributed by atoms with Crippen LogP contribution in [0.4, 0.5) is 0 Å². The standard InChI is InChI=1S/C15H18N2O2/c1-9-5-10(2)13(11(3)6-9)8-17-12(4)7-14(16-17)15(18)19/h5-7H,8H2,1-4H3,(H,18,19). The first-order valence-corrected chi connectivity index (χ1v) is 6.23. The van der Waals surface area contributed by atoms with Crippen LogP contribution in [0.15, 0.2) is 18.2 Å². The highest BCUT2D eigenvalue weighted by Crippen LogP contribution is 2.18. The van der Waals surface area contributed by atoms with E-state index in [4.69, 9.17) is 5.11 Å². The maximum absolute atomic E-state index is 10.9. The quantitative estimate of drug-likeness (QED) is 0.921. The van der Waals surface area contributed by atoms with Gasteiger partial charge in [-0.1, -0.05) is 17.7 Å². The molecule has 2 aromatic rings. The first-order valence-electron chi connectivity index (χ1n) is 6.23. The Kier molecular flexibility index (Phi) is 3.42. The van der Waals surface area contributed by atoms with Gasteiger partial charge in [0.2, 0.25) is 0 Å². The molecule has 4 heteroatoms. The van der Waals surface area contributed by atoms with Crippen molar-refractivity contribution < 1.29 is 9.90 Å². The van der Waals surface area contributed by atoms with E-state index in [0.717, 1.165) is 5.69 Å². The number of carboxylic acids is 1. The molecule has 0 amide bonds. The van der Waals surface area contributed by atoms with E-state index in [1.807, 2.05) is 6.92 Å². The molecule has 0 unspecified atom stereocenters. The normalized spacial score (nSPS) is 10.7. The van der Waals surface area contributed by atoms with Gasteiger partial charge in [-0.15, -0.1) is 0 Å². The summed E-state index contributed by atoms with van der Waals surface area (Å²) in [5.41, 5.74) is 5.82. The summed E-state index contributed by atoms with van der Waals surface area (Å²) >= 11 is 0. The minimum atomic E-state index is -0.987. The molecule has 19 heavy (non-hydrogen) atoms. The SMILES string of the molecule is Cc1cc(C)c(Cn2nc(C(=O)O)cc2C)c(C)c1. The Morgan fingerprint density at radius 3 is 2.21 bits per heavy atom. The molecule has 0 aliphatic heterocycles. The van der Waals surface area contributed by atoms with Crippen LogP contribution in [0, 0.1) is 27.7 Å². The fraction of sp³-hybridized carbons (Fsp3) is 0.333. The molecule has 1 aromatic heterocycles. The molecule has 2 rings (SSSR count). The summed E-state index contributed by atoms with van der Waals surface area (Å²) in [5.74, 6) is -0.987. The molecule has 100 valence electrons. The number of aromatic carboxylic acids is 1. The first kappa shape index (κ1) is 13.3. The van der Waals surface area contributed by atoms with Gasteiger partial charge in [-0.3, -0.25) is 4.68 Å². The highest BCUT2D eigenvalue weighted by atomic mass is 16.4. The van der Waals surface area contributed by atoms with Gasteiger partial charge in [0.25, 0.3) is 0 Å². The number of aromatic nitrogens is 2. The van der Waals surface area contributed by atoms with E-state index < -0.39 is 5.97 Å². The zero-order chi connectivity index (χ0) is 14.2. The van der Waals surface area contributed by atoms with Gasteiger partial charge in [0.05, 0.1) is 6.54 Å². The summed E-state index contributed by atoms with van der Waals surface area (Å²) in [6.07, 6.45) is 0. The second kappa shape index (κ2) is 4.88. The summed E-state index contributed by atoms with van der Waals surface area (Å²) in [6, 6.07) is 5.87. The monoisotopic (exact) mass is 258 g/mol. The number of aryl methyl sites for hydroxylation is 4. The third-order valence-corrected chi connectivity index (χ3v) is 3.35. The molecule has 0 radical (unpaired) electrons. The number of hydrogen-bond acceptors (Lipinski definition) is 2. The summed E-state index contributed by atoms with van der Waals surface area (Å²) in [5, 5.41) is 13.1. The van der Waals surface area contributed by atoms with Crippen molar-refractivity contribution in [3.8, 4) is 0 Å². The number of rotatable bonds is 3. The van der Waals surface area contributed by atoms with Gasteiger partial charge in [-0.25, -0.2) is 4.79 Å². The van der Waals surface area contributed by atoms with Crippen LogP contribution >= 0.6 is 0 Å². The molecule has 0 spiro atoms. The van der Waals surface area contributed by atoms with Crippen molar-refractivity contribution in [2.24, 2.45) is 0 Å². The molecular formula is C15H18N2O2. The molecule has 1 N–H and O–H groups in total. The Bertz CT molecular complexity index is 619. The molecule has 0 saturated carbocycles. The zero-order valence-electron chi connectivity index (χ0n) is 11.7. The van der Waals surface area contributed by atoms with Crippen LogP contribution in [0.3, 0.4) is 0 Å². The lowest BCUT2D eigenvalue weighted by atomic mass is 10.00. The Hall–Kier alpha value is -2.10. The minimum Gasteiger partial charge on any atom is -0.476 e. The van der Waals surface area contributed by atoms with Gasteiger partial charge in [-0.05, 0) is 50.5 Å². The van der Waals surface area contributed by atoms with E-state index in [1.165, 1.54) is 22.3 Å². The van der Waals surface area contributed by atoms with Gasteiger partial charge in [0.15, 0.2) is 5.69 Å². The molecule has 4 nitrogen and oxygen atoms in total. The Labute approximate surface area is 112 Å². The van der Waals surface area contributed by atoms with E-state index in [9.17, 15) is 4.79 Å². The van der Waals surface area contributed by atoms with Gasteiger partial charge in [0.1, 0.15) is 0 Å². The van der Waals surface area contributed by atoms with Crippen LogP contribution in [0.2, 0.25) is 0 Å². The van der Waals surface area contributed by atoms with Crippen LogP contribution in [-0.4, -0.2) is 20.9 Å². The van der Waals surface area contributed by atoms with E-state index in [2.05, 4.69) is 38.0 Å². The van der Waals surface area contributed by atoms with Crippen LogP contribution < -0.4 is 0 Å². The van der Waals surface area contributed by atoms with Gasteiger partial charge < -0.3 is 5.11 Å². The van der Waals surface area contributed by atoms with E-state index in [-0.39, 0.29) is 5.69 Å². The maximum atomic E-state index is 10.9.